The zero-order valence-electron chi connectivity index (χ0n) is 36.9. The molecule has 0 fully saturated rings. The van der Waals surface area contributed by atoms with E-state index in [0.717, 1.165) is 50.3 Å². The number of benzene rings is 12. The minimum absolute atomic E-state index is 0.800. The number of pyridine rings is 1. The number of aromatic nitrogens is 1. The second-order valence-corrected chi connectivity index (χ2v) is 18.0. The Morgan fingerprint density at radius 2 is 0.691 bits per heavy atom. The molecule has 0 atom stereocenters. The van der Waals surface area contributed by atoms with E-state index in [0.29, 0.717) is 0 Å². The first-order valence-corrected chi connectivity index (χ1v) is 23.2. The Kier molecular flexibility index (Phi) is 8.59. The zero-order chi connectivity index (χ0) is 44.7. The Morgan fingerprint density at radius 1 is 0.265 bits per heavy atom. The molecule has 0 N–H and O–H groups in total. The number of anilines is 3. The Bertz CT molecular complexity index is 4130. The van der Waals surface area contributed by atoms with E-state index < -0.39 is 0 Å². The molecular weight excluding hydrogens is 825 g/mol. The molecule has 0 aliphatic heterocycles. The molecule has 0 spiro atoms. The molecule has 0 bridgehead atoms. The molecule has 2 heterocycles. The first-order valence-electron chi connectivity index (χ1n) is 23.2. The van der Waals surface area contributed by atoms with Crippen molar-refractivity contribution >= 4 is 104 Å². The fraction of sp³-hybridized carbons (Fsp3) is 0. The van der Waals surface area contributed by atoms with Crippen LogP contribution >= 0.6 is 0 Å². The fourth-order valence-electron chi connectivity index (χ4n) is 10.5. The maximum Gasteiger partial charge on any atom is 0.153 e. The van der Waals surface area contributed by atoms with Gasteiger partial charge in [-0.15, -0.1) is 0 Å². The van der Waals surface area contributed by atoms with Gasteiger partial charge >= 0.3 is 0 Å². The van der Waals surface area contributed by atoms with Crippen molar-refractivity contribution in [2.45, 2.75) is 0 Å². The highest BCUT2D eigenvalue weighted by molar-refractivity contribution is 6.10. The molecular formula is C65H40N2O. The third-order valence-electron chi connectivity index (χ3n) is 14.0. The third-order valence-corrected chi connectivity index (χ3v) is 14.0. The van der Waals surface area contributed by atoms with Crippen LogP contribution in [0.25, 0.3) is 120 Å². The Morgan fingerprint density at radius 3 is 1.29 bits per heavy atom. The summed E-state index contributed by atoms with van der Waals surface area (Å²) in [5.74, 6) is 0. The first kappa shape index (κ1) is 38.2. The van der Waals surface area contributed by atoms with Crippen molar-refractivity contribution < 1.29 is 4.42 Å². The van der Waals surface area contributed by atoms with Crippen LogP contribution in [0.3, 0.4) is 0 Å². The summed E-state index contributed by atoms with van der Waals surface area (Å²) < 4.78 is 6.10. The fourth-order valence-corrected chi connectivity index (χ4v) is 10.5. The van der Waals surface area contributed by atoms with Crippen LogP contribution in [-0.2, 0) is 0 Å². The molecule has 12 aromatic carbocycles. The molecule has 3 heteroatoms. The molecule has 3 nitrogen and oxygen atoms in total. The maximum absolute atomic E-state index is 6.10. The average Bonchev–Trinajstić information content (AvgIpc) is 3.78. The molecule has 2 aromatic heterocycles. The van der Waals surface area contributed by atoms with Crippen molar-refractivity contribution in [3.05, 3.63) is 243 Å². The topological polar surface area (TPSA) is 29.3 Å². The summed E-state index contributed by atoms with van der Waals surface area (Å²) in [5, 5.41) is 16.0. The van der Waals surface area contributed by atoms with Gasteiger partial charge in [0.25, 0.3) is 0 Å². The summed E-state index contributed by atoms with van der Waals surface area (Å²) in [7, 11) is 0. The van der Waals surface area contributed by atoms with Crippen LogP contribution in [0.2, 0.25) is 0 Å². The average molecular weight is 865 g/mol. The third kappa shape index (κ3) is 6.40. The first-order chi connectivity index (χ1) is 33.6. The van der Waals surface area contributed by atoms with E-state index in [1.54, 1.807) is 0 Å². The van der Waals surface area contributed by atoms with Gasteiger partial charge in [0.05, 0.1) is 0 Å². The quantitative estimate of drug-likeness (QED) is 0.156. The summed E-state index contributed by atoms with van der Waals surface area (Å²) in [6.45, 7) is 0. The lowest BCUT2D eigenvalue weighted by Crippen LogP contribution is -2.10. The van der Waals surface area contributed by atoms with Gasteiger partial charge in [0.1, 0.15) is 11.1 Å². The van der Waals surface area contributed by atoms with Gasteiger partial charge in [0, 0.05) is 28.6 Å². The molecule has 0 unspecified atom stereocenters. The minimum atomic E-state index is 0.800. The zero-order valence-corrected chi connectivity index (χ0v) is 36.9. The van der Waals surface area contributed by atoms with E-state index in [1.807, 2.05) is 18.3 Å². The van der Waals surface area contributed by atoms with Crippen LogP contribution in [0.5, 0.6) is 0 Å². The van der Waals surface area contributed by atoms with E-state index in [2.05, 4.69) is 234 Å². The van der Waals surface area contributed by atoms with Crippen LogP contribution in [0, 0.1) is 0 Å². The summed E-state index contributed by atoms with van der Waals surface area (Å²) in [4.78, 5) is 7.01. The van der Waals surface area contributed by atoms with Gasteiger partial charge in [-0.05, 0) is 183 Å². The predicted molar refractivity (Wildman–Crippen MR) is 288 cm³/mol. The standard InChI is InChI=1S/C65H40N2O/c1-3-8-58-42(6-1)11-17-53-36-48(23-30-60(53)58)44-13-15-50-38-56(28-21-46(50)34-44)67(55-26-19-41(20-27-55)52-25-32-63-62(40-52)65-64(68-63)10-5-33-66-65)57-29-22-47-35-45(14-16-51(47)39-57)49-24-31-61-54(37-49)18-12-43-7-2-4-9-59(43)61/h1-40H. The molecule has 0 saturated heterocycles. The molecule has 0 amide bonds. The Hall–Kier alpha value is -9.05. The van der Waals surface area contributed by atoms with Crippen LogP contribution in [-0.4, -0.2) is 4.98 Å². The van der Waals surface area contributed by atoms with Crippen molar-refractivity contribution in [3.63, 3.8) is 0 Å². The van der Waals surface area contributed by atoms with E-state index in [9.17, 15) is 0 Å². The van der Waals surface area contributed by atoms with Gasteiger partial charge in [0.15, 0.2) is 5.58 Å². The predicted octanol–water partition coefficient (Wildman–Crippen LogP) is 18.4. The second kappa shape index (κ2) is 15.3. The van der Waals surface area contributed by atoms with Gasteiger partial charge in [0.2, 0.25) is 0 Å². The molecule has 316 valence electrons. The second-order valence-electron chi connectivity index (χ2n) is 18.0. The van der Waals surface area contributed by atoms with Crippen LogP contribution in [0.4, 0.5) is 17.1 Å². The summed E-state index contributed by atoms with van der Waals surface area (Å²) >= 11 is 0. The number of hydrogen-bond acceptors (Lipinski definition) is 3. The Balaban J connectivity index is 0.842. The van der Waals surface area contributed by atoms with Gasteiger partial charge < -0.3 is 9.32 Å². The number of furan rings is 1. The number of rotatable bonds is 6. The maximum atomic E-state index is 6.10. The van der Waals surface area contributed by atoms with Gasteiger partial charge in [-0.3, -0.25) is 4.98 Å². The van der Waals surface area contributed by atoms with E-state index >= 15 is 0 Å². The normalized spacial score (nSPS) is 11.8. The van der Waals surface area contributed by atoms with Gasteiger partial charge in [-0.1, -0.05) is 152 Å². The van der Waals surface area contributed by atoms with Crippen molar-refractivity contribution in [2.24, 2.45) is 0 Å². The Labute approximate surface area is 392 Å². The lowest BCUT2D eigenvalue weighted by molar-refractivity contribution is 0.668. The highest BCUT2D eigenvalue weighted by Gasteiger charge is 2.17. The van der Waals surface area contributed by atoms with Crippen molar-refractivity contribution in [2.75, 3.05) is 4.90 Å². The summed E-state index contributed by atoms with van der Waals surface area (Å²) in [5.41, 5.74) is 12.9. The summed E-state index contributed by atoms with van der Waals surface area (Å²) in [6, 6.07) is 86.4. The lowest BCUT2D eigenvalue weighted by atomic mass is 9.96. The minimum Gasteiger partial charge on any atom is -0.454 e. The van der Waals surface area contributed by atoms with Crippen LogP contribution in [0.1, 0.15) is 0 Å². The smallest absolute Gasteiger partial charge is 0.153 e. The molecule has 0 saturated carbocycles. The highest BCUT2D eigenvalue weighted by Crippen LogP contribution is 2.41. The van der Waals surface area contributed by atoms with Crippen LogP contribution < -0.4 is 4.90 Å². The van der Waals surface area contributed by atoms with Gasteiger partial charge in [-0.2, -0.15) is 0 Å². The largest absolute Gasteiger partial charge is 0.454 e. The monoisotopic (exact) mass is 864 g/mol. The molecule has 68 heavy (non-hydrogen) atoms. The van der Waals surface area contributed by atoms with E-state index in [1.165, 1.54) is 86.9 Å². The van der Waals surface area contributed by atoms with Crippen molar-refractivity contribution in [1.82, 2.24) is 4.98 Å². The number of hydrogen-bond donors (Lipinski definition) is 0. The molecule has 14 aromatic rings. The molecule has 0 aliphatic rings. The van der Waals surface area contributed by atoms with Crippen LogP contribution in [0.15, 0.2) is 247 Å². The van der Waals surface area contributed by atoms with E-state index in [4.69, 9.17) is 4.42 Å². The van der Waals surface area contributed by atoms with Gasteiger partial charge in [-0.25, -0.2) is 0 Å². The molecule has 14 rings (SSSR count). The van der Waals surface area contributed by atoms with Crippen molar-refractivity contribution in [1.29, 1.82) is 0 Å². The highest BCUT2D eigenvalue weighted by atomic mass is 16.3. The molecule has 0 radical (unpaired) electrons. The lowest BCUT2D eigenvalue weighted by Gasteiger charge is -2.26. The molecule has 0 aliphatic carbocycles. The van der Waals surface area contributed by atoms with Crippen molar-refractivity contribution in [3.8, 4) is 33.4 Å². The van der Waals surface area contributed by atoms with E-state index in [-0.39, 0.29) is 0 Å². The number of nitrogens with zero attached hydrogens (tertiary/aromatic N) is 2. The number of fused-ring (bicyclic) bond motifs is 11. The summed E-state index contributed by atoms with van der Waals surface area (Å²) in [6.07, 6.45) is 1.82. The SMILES string of the molecule is c1ccc2c(c1)ccc1cc(-c3ccc4cc(N(c5ccc(-c6ccc7oc8cccnc8c7c6)cc5)c5ccc6cc(-c7ccc8c(ccc9ccccc98)c7)ccc6c5)ccc4c3)ccc12.